The van der Waals surface area contributed by atoms with E-state index in [4.69, 9.17) is 5.11 Å². The SMILES string of the molecule is Cc1nc(C)c(C(C)NCCC(=O)O)c(=O)[nH]1. The largest absolute Gasteiger partial charge is 0.481 e. The van der Waals surface area contributed by atoms with Crippen LogP contribution < -0.4 is 10.9 Å². The Morgan fingerprint density at radius 2 is 2.18 bits per heavy atom. The van der Waals surface area contributed by atoms with Gasteiger partial charge in [0.25, 0.3) is 5.56 Å². The van der Waals surface area contributed by atoms with E-state index >= 15 is 0 Å². The molecule has 0 aliphatic heterocycles. The van der Waals surface area contributed by atoms with Gasteiger partial charge < -0.3 is 15.4 Å². The number of aryl methyl sites for hydroxylation is 2. The zero-order chi connectivity index (χ0) is 13.0. The third-order valence-corrected chi connectivity index (χ3v) is 2.49. The Hall–Kier alpha value is -1.69. The molecule has 1 aromatic heterocycles. The molecule has 1 atom stereocenters. The summed E-state index contributed by atoms with van der Waals surface area (Å²) in [6, 6.07) is -0.216. The first-order chi connectivity index (χ1) is 7.91. The first-order valence-corrected chi connectivity index (χ1v) is 5.44. The van der Waals surface area contributed by atoms with Crippen LogP contribution in [-0.2, 0) is 4.79 Å². The van der Waals surface area contributed by atoms with Crippen LogP contribution in [0.15, 0.2) is 4.79 Å². The maximum absolute atomic E-state index is 11.7. The molecule has 17 heavy (non-hydrogen) atoms. The van der Waals surface area contributed by atoms with E-state index in [1.807, 2.05) is 6.92 Å². The molecule has 0 saturated heterocycles. The number of rotatable bonds is 5. The highest BCUT2D eigenvalue weighted by atomic mass is 16.4. The number of carboxylic acid groups (broad SMARTS) is 1. The van der Waals surface area contributed by atoms with Gasteiger partial charge in [-0.1, -0.05) is 0 Å². The summed E-state index contributed by atoms with van der Waals surface area (Å²) in [6.07, 6.45) is 0.0284. The third-order valence-electron chi connectivity index (χ3n) is 2.49. The quantitative estimate of drug-likeness (QED) is 0.696. The Kier molecular flexibility index (Phi) is 4.39. The summed E-state index contributed by atoms with van der Waals surface area (Å²) < 4.78 is 0. The zero-order valence-electron chi connectivity index (χ0n) is 10.2. The highest BCUT2D eigenvalue weighted by Gasteiger charge is 2.14. The average Bonchev–Trinajstić information content (AvgIpc) is 2.14. The molecule has 0 fully saturated rings. The molecular formula is C11H17N3O3. The fraction of sp³-hybridized carbons (Fsp3) is 0.545. The molecule has 0 spiro atoms. The number of carbonyl (C=O) groups is 1. The molecule has 1 heterocycles. The van der Waals surface area contributed by atoms with Crippen LogP contribution in [0.4, 0.5) is 0 Å². The topological polar surface area (TPSA) is 95.1 Å². The second-order valence-electron chi connectivity index (χ2n) is 3.97. The molecule has 1 rings (SSSR count). The molecule has 0 radical (unpaired) electrons. The Morgan fingerprint density at radius 3 is 2.71 bits per heavy atom. The smallest absolute Gasteiger partial charge is 0.304 e. The number of nitrogens with one attached hydrogen (secondary N) is 2. The van der Waals surface area contributed by atoms with Crippen molar-refractivity contribution in [3.63, 3.8) is 0 Å². The lowest BCUT2D eigenvalue weighted by Crippen LogP contribution is -2.29. The van der Waals surface area contributed by atoms with E-state index in [1.54, 1.807) is 13.8 Å². The lowest BCUT2D eigenvalue weighted by Gasteiger charge is -2.14. The minimum absolute atomic E-state index is 0.0284. The fourth-order valence-corrected chi connectivity index (χ4v) is 1.74. The van der Waals surface area contributed by atoms with Crippen molar-refractivity contribution in [3.05, 3.63) is 27.4 Å². The fourth-order valence-electron chi connectivity index (χ4n) is 1.74. The maximum Gasteiger partial charge on any atom is 0.304 e. The van der Waals surface area contributed by atoms with Gasteiger partial charge in [-0.05, 0) is 20.8 Å². The van der Waals surface area contributed by atoms with Crippen LogP contribution in [0.1, 0.15) is 36.5 Å². The van der Waals surface area contributed by atoms with E-state index in [2.05, 4.69) is 15.3 Å². The van der Waals surface area contributed by atoms with E-state index in [0.29, 0.717) is 23.6 Å². The van der Waals surface area contributed by atoms with E-state index in [0.717, 1.165) is 0 Å². The van der Waals surface area contributed by atoms with Gasteiger partial charge in [0, 0.05) is 18.3 Å². The van der Waals surface area contributed by atoms with E-state index in [-0.39, 0.29) is 18.0 Å². The second-order valence-corrected chi connectivity index (χ2v) is 3.97. The van der Waals surface area contributed by atoms with Crippen molar-refractivity contribution in [2.45, 2.75) is 33.2 Å². The molecule has 0 aromatic carbocycles. The Balaban J connectivity index is 2.79. The van der Waals surface area contributed by atoms with Gasteiger partial charge in [-0.3, -0.25) is 9.59 Å². The van der Waals surface area contributed by atoms with Crippen molar-refractivity contribution in [2.75, 3.05) is 6.54 Å². The summed E-state index contributed by atoms with van der Waals surface area (Å²) in [6.45, 7) is 5.63. The molecule has 3 N–H and O–H groups in total. The zero-order valence-corrected chi connectivity index (χ0v) is 10.2. The molecule has 94 valence electrons. The number of aliphatic carboxylic acids is 1. The van der Waals surface area contributed by atoms with Gasteiger partial charge in [-0.25, -0.2) is 4.98 Å². The first-order valence-electron chi connectivity index (χ1n) is 5.44. The van der Waals surface area contributed by atoms with Crippen LogP contribution in [0.3, 0.4) is 0 Å². The minimum atomic E-state index is -0.864. The normalized spacial score (nSPS) is 12.4. The molecule has 1 unspecified atom stereocenters. The predicted octanol–water partition coefficient (Wildman–Crippen LogP) is 0.512. The maximum atomic E-state index is 11.7. The lowest BCUT2D eigenvalue weighted by atomic mass is 10.1. The average molecular weight is 239 g/mol. The van der Waals surface area contributed by atoms with Crippen LogP contribution in [0.2, 0.25) is 0 Å². The van der Waals surface area contributed by atoms with Crippen molar-refractivity contribution in [3.8, 4) is 0 Å². The highest BCUT2D eigenvalue weighted by molar-refractivity contribution is 5.66. The van der Waals surface area contributed by atoms with Crippen molar-refractivity contribution >= 4 is 5.97 Å². The second kappa shape index (κ2) is 5.58. The van der Waals surface area contributed by atoms with Gasteiger partial charge in [0.15, 0.2) is 0 Å². The van der Waals surface area contributed by atoms with Crippen LogP contribution in [0.5, 0.6) is 0 Å². The molecule has 6 nitrogen and oxygen atoms in total. The predicted molar refractivity (Wildman–Crippen MR) is 63.0 cm³/mol. The van der Waals surface area contributed by atoms with Gasteiger partial charge in [0.1, 0.15) is 5.82 Å². The van der Waals surface area contributed by atoms with Crippen LogP contribution in [-0.4, -0.2) is 27.6 Å². The molecule has 0 bridgehead atoms. The van der Waals surface area contributed by atoms with Gasteiger partial charge >= 0.3 is 5.97 Å². The number of carboxylic acids is 1. The molecule has 0 saturated carbocycles. The standard InChI is InChI=1S/C11H17N3O3/c1-6(12-5-4-9(15)16)10-7(2)13-8(3)14-11(10)17/h6,12H,4-5H2,1-3H3,(H,15,16)(H,13,14,17). The van der Waals surface area contributed by atoms with Gasteiger partial charge in [-0.2, -0.15) is 0 Å². The third kappa shape index (κ3) is 3.67. The summed E-state index contributed by atoms with van der Waals surface area (Å²) in [4.78, 5) is 28.9. The molecule has 0 aliphatic rings. The lowest BCUT2D eigenvalue weighted by molar-refractivity contribution is -0.136. The van der Waals surface area contributed by atoms with Crippen LogP contribution >= 0.6 is 0 Å². The van der Waals surface area contributed by atoms with E-state index < -0.39 is 5.97 Å². The van der Waals surface area contributed by atoms with Gasteiger partial charge in [0.2, 0.25) is 0 Å². The molecule has 1 aromatic rings. The Morgan fingerprint density at radius 1 is 1.53 bits per heavy atom. The number of hydrogen-bond donors (Lipinski definition) is 3. The summed E-state index contributed by atoms with van der Waals surface area (Å²) in [5, 5.41) is 11.5. The van der Waals surface area contributed by atoms with Gasteiger partial charge in [-0.15, -0.1) is 0 Å². The number of H-pyrrole nitrogens is 1. The van der Waals surface area contributed by atoms with Crippen molar-refractivity contribution in [1.82, 2.24) is 15.3 Å². The number of aromatic amines is 1. The van der Waals surface area contributed by atoms with E-state index in [1.165, 1.54) is 0 Å². The van der Waals surface area contributed by atoms with Crippen molar-refractivity contribution in [2.24, 2.45) is 0 Å². The summed E-state index contributed by atoms with van der Waals surface area (Å²) in [5.74, 6) is -0.286. The van der Waals surface area contributed by atoms with Crippen LogP contribution in [0.25, 0.3) is 0 Å². The number of hydrogen-bond acceptors (Lipinski definition) is 4. The molecular weight excluding hydrogens is 222 g/mol. The Labute approximate surface area is 99.1 Å². The molecule has 0 aliphatic carbocycles. The van der Waals surface area contributed by atoms with Crippen molar-refractivity contribution in [1.29, 1.82) is 0 Å². The highest BCUT2D eigenvalue weighted by Crippen LogP contribution is 2.10. The molecule has 0 amide bonds. The number of nitrogens with zero attached hydrogens (tertiary/aromatic N) is 1. The van der Waals surface area contributed by atoms with Crippen LogP contribution in [0, 0.1) is 13.8 Å². The summed E-state index contributed by atoms with van der Waals surface area (Å²) >= 11 is 0. The van der Waals surface area contributed by atoms with Crippen molar-refractivity contribution < 1.29 is 9.90 Å². The number of aromatic nitrogens is 2. The monoisotopic (exact) mass is 239 g/mol. The Bertz CT molecular complexity index is 468. The first kappa shape index (κ1) is 13.4. The minimum Gasteiger partial charge on any atom is -0.481 e. The van der Waals surface area contributed by atoms with Gasteiger partial charge in [0.05, 0.1) is 12.0 Å². The summed E-state index contributed by atoms with van der Waals surface area (Å²) in [5.41, 5.74) is 1.05. The summed E-state index contributed by atoms with van der Waals surface area (Å²) in [7, 11) is 0. The molecule has 6 heteroatoms. The van der Waals surface area contributed by atoms with E-state index in [9.17, 15) is 9.59 Å².